The van der Waals surface area contributed by atoms with Crippen LogP contribution in [0.15, 0.2) is 36.1 Å². The highest BCUT2D eigenvalue weighted by molar-refractivity contribution is 5.97. The average Bonchev–Trinajstić information content (AvgIpc) is 2.84. The zero-order valence-corrected chi connectivity index (χ0v) is 19.0. The Labute approximate surface area is 196 Å². The third-order valence-electron chi connectivity index (χ3n) is 6.67. The number of nitrogens with one attached hydrogen (secondary N) is 1. The van der Waals surface area contributed by atoms with E-state index < -0.39 is 29.0 Å². The number of aromatic nitrogens is 3. The van der Waals surface area contributed by atoms with Crippen molar-refractivity contribution < 1.29 is 13.6 Å². The lowest BCUT2D eigenvalue weighted by Crippen LogP contribution is -2.65. The Kier molecular flexibility index (Phi) is 6.52. The van der Waals surface area contributed by atoms with E-state index in [0.29, 0.717) is 11.6 Å². The average molecular weight is 468 g/mol. The summed E-state index contributed by atoms with van der Waals surface area (Å²) in [5.41, 5.74) is 4.85. The van der Waals surface area contributed by atoms with E-state index in [4.69, 9.17) is 5.73 Å². The molecule has 1 amide bonds. The zero-order valence-electron chi connectivity index (χ0n) is 19.0. The van der Waals surface area contributed by atoms with Crippen molar-refractivity contribution in [2.24, 2.45) is 4.99 Å². The molecule has 2 aromatic heterocycles. The van der Waals surface area contributed by atoms with Crippen LogP contribution in [0, 0.1) is 11.8 Å². The van der Waals surface area contributed by atoms with Gasteiger partial charge in [-0.2, -0.15) is 4.39 Å². The van der Waals surface area contributed by atoms with Crippen molar-refractivity contribution in [1.82, 2.24) is 25.2 Å². The first-order chi connectivity index (χ1) is 16.3. The van der Waals surface area contributed by atoms with Crippen molar-refractivity contribution in [1.29, 1.82) is 0 Å². The molecule has 0 unspecified atom stereocenters. The number of nitrogens with zero attached hydrogens (tertiary/aromatic N) is 5. The van der Waals surface area contributed by atoms with Crippen molar-refractivity contribution >= 4 is 24.0 Å². The van der Waals surface area contributed by atoms with Crippen molar-refractivity contribution in [3.8, 4) is 11.4 Å². The van der Waals surface area contributed by atoms with Crippen LogP contribution in [-0.2, 0) is 0 Å². The third kappa shape index (κ3) is 4.33. The Morgan fingerprint density at radius 2 is 2.12 bits per heavy atom. The van der Waals surface area contributed by atoms with E-state index in [2.05, 4.69) is 50.4 Å². The van der Waals surface area contributed by atoms with Gasteiger partial charge in [0.05, 0.1) is 23.0 Å². The molecule has 2 saturated heterocycles. The van der Waals surface area contributed by atoms with Crippen LogP contribution >= 0.6 is 0 Å². The van der Waals surface area contributed by atoms with Crippen LogP contribution < -0.4 is 11.1 Å². The van der Waals surface area contributed by atoms with Crippen molar-refractivity contribution in [2.75, 3.05) is 18.8 Å². The molecule has 10 heteroatoms. The van der Waals surface area contributed by atoms with Gasteiger partial charge >= 0.3 is 0 Å². The van der Waals surface area contributed by atoms with Crippen LogP contribution in [0.5, 0.6) is 0 Å². The Bertz CT molecular complexity index is 1170. The van der Waals surface area contributed by atoms with Gasteiger partial charge in [0, 0.05) is 24.4 Å². The molecule has 0 atom stereocenters. The minimum absolute atomic E-state index is 0.191. The maximum Gasteiger partial charge on any atom is 0.256 e. The first-order valence-corrected chi connectivity index (χ1v) is 11.1. The summed E-state index contributed by atoms with van der Waals surface area (Å²) < 4.78 is 29.7. The number of likely N-dealkylation sites (N-methyl/N-ethyl adjacent to an activating group) is 1. The van der Waals surface area contributed by atoms with Crippen LogP contribution in [0.3, 0.4) is 0 Å². The van der Waals surface area contributed by atoms with Gasteiger partial charge in [-0.1, -0.05) is 19.6 Å². The summed E-state index contributed by atoms with van der Waals surface area (Å²) >= 11 is 0. The molecule has 1 saturated carbocycles. The number of fused-ring (bicyclic) bond motifs is 3. The Hall–Kier alpha value is -3.53. The summed E-state index contributed by atoms with van der Waals surface area (Å²) in [5, 5.41) is 3.10. The highest BCUT2D eigenvalue weighted by Crippen LogP contribution is 2.38. The van der Waals surface area contributed by atoms with Crippen LogP contribution in [0.25, 0.3) is 17.0 Å². The van der Waals surface area contributed by atoms with Crippen molar-refractivity contribution in [3.05, 3.63) is 54.1 Å². The molecule has 0 spiro atoms. The van der Waals surface area contributed by atoms with E-state index in [0.717, 1.165) is 45.0 Å². The Balaban J connectivity index is 1.78. The van der Waals surface area contributed by atoms with Gasteiger partial charge < -0.3 is 11.1 Å². The van der Waals surface area contributed by atoms with E-state index >= 15 is 4.39 Å². The number of pyridine rings is 1. The number of carbonyl (C=O) groups excluding carboxylic acids is 1. The SMILES string of the molecule is C=C/C(=C\N=C)c1cc(C(=O)NC23CCC(CC2)N(CC)C3)c(F)c(-c2cnc(N)c(F)n2)n1. The molecule has 3 fully saturated rings. The molecule has 178 valence electrons. The van der Waals surface area contributed by atoms with Crippen molar-refractivity contribution in [2.45, 2.75) is 44.2 Å². The fraction of sp³-hybridized carbons (Fsp3) is 0.375. The second-order valence-electron chi connectivity index (χ2n) is 8.65. The number of aliphatic imine (C=N–C) groups is 1. The second-order valence-corrected chi connectivity index (χ2v) is 8.65. The first kappa shape index (κ1) is 23.6. The molecule has 5 rings (SSSR count). The fourth-order valence-electron chi connectivity index (χ4n) is 4.86. The predicted molar refractivity (Wildman–Crippen MR) is 127 cm³/mol. The van der Waals surface area contributed by atoms with Gasteiger partial charge in [-0.25, -0.2) is 19.3 Å². The third-order valence-corrected chi connectivity index (χ3v) is 6.67. The molecule has 0 aromatic carbocycles. The first-order valence-electron chi connectivity index (χ1n) is 11.1. The summed E-state index contributed by atoms with van der Waals surface area (Å²) in [4.78, 5) is 31.1. The van der Waals surface area contributed by atoms with Crippen LogP contribution in [0.1, 0.15) is 48.7 Å². The van der Waals surface area contributed by atoms with E-state index in [9.17, 15) is 9.18 Å². The minimum Gasteiger partial charge on any atom is -0.380 e. The van der Waals surface area contributed by atoms with Crippen LogP contribution in [0.4, 0.5) is 14.6 Å². The van der Waals surface area contributed by atoms with Crippen LogP contribution in [0.2, 0.25) is 0 Å². The largest absolute Gasteiger partial charge is 0.380 e. The predicted octanol–water partition coefficient (Wildman–Crippen LogP) is 3.37. The number of nitrogen functional groups attached to an aromatic ring is 1. The van der Waals surface area contributed by atoms with Gasteiger partial charge in [0.25, 0.3) is 11.9 Å². The highest BCUT2D eigenvalue weighted by Gasteiger charge is 2.45. The summed E-state index contributed by atoms with van der Waals surface area (Å²) in [7, 11) is 0. The number of carbonyl (C=O) groups is 1. The molecular weight excluding hydrogens is 440 g/mol. The Morgan fingerprint density at radius 3 is 2.74 bits per heavy atom. The molecule has 34 heavy (non-hydrogen) atoms. The van der Waals surface area contributed by atoms with E-state index in [-0.39, 0.29) is 22.6 Å². The van der Waals surface area contributed by atoms with Gasteiger partial charge in [0.15, 0.2) is 11.6 Å². The smallest absolute Gasteiger partial charge is 0.256 e. The lowest BCUT2D eigenvalue weighted by Gasteiger charge is -2.53. The van der Waals surface area contributed by atoms with E-state index in [1.54, 1.807) is 0 Å². The normalized spacial score (nSPS) is 22.4. The molecule has 3 aliphatic rings. The van der Waals surface area contributed by atoms with Gasteiger partial charge in [-0.3, -0.25) is 14.7 Å². The lowest BCUT2D eigenvalue weighted by molar-refractivity contribution is 0.0140. The maximum atomic E-state index is 15.7. The number of amides is 1. The molecular formula is C24H27F2N7O. The quantitative estimate of drug-likeness (QED) is 0.477. The minimum atomic E-state index is -1.06. The van der Waals surface area contributed by atoms with E-state index in [1.165, 1.54) is 18.3 Å². The van der Waals surface area contributed by atoms with E-state index in [1.807, 2.05) is 0 Å². The van der Waals surface area contributed by atoms with Crippen molar-refractivity contribution in [3.63, 3.8) is 0 Å². The molecule has 3 N–H and O–H groups in total. The summed E-state index contributed by atoms with van der Waals surface area (Å²) in [6.45, 7) is 10.9. The molecule has 2 bridgehead atoms. The highest BCUT2D eigenvalue weighted by atomic mass is 19.1. The summed E-state index contributed by atoms with van der Waals surface area (Å²) in [6, 6.07) is 1.86. The number of anilines is 1. The molecule has 4 heterocycles. The molecule has 2 aliphatic heterocycles. The zero-order chi connectivity index (χ0) is 24.5. The second kappa shape index (κ2) is 9.38. The summed E-state index contributed by atoms with van der Waals surface area (Å²) in [6.07, 6.45) is 7.58. The number of piperidine rings is 2. The van der Waals surface area contributed by atoms with Gasteiger partial charge in [0.1, 0.15) is 11.4 Å². The number of nitrogens with two attached hydrogens (primary N) is 1. The summed E-state index contributed by atoms with van der Waals surface area (Å²) in [5.74, 6) is -2.98. The number of halogens is 2. The number of hydrogen-bond acceptors (Lipinski definition) is 7. The van der Waals surface area contributed by atoms with Gasteiger partial charge in [-0.15, -0.1) is 0 Å². The van der Waals surface area contributed by atoms with Crippen LogP contribution in [-0.4, -0.2) is 57.1 Å². The maximum absolute atomic E-state index is 15.7. The van der Waals surface area contributed by atoms with Gasteiger partial charge in [-0.05, 0) is 45.0 Å². The standard InChI is InChI=1S/C24H27F2N7O/c1-4-14(11-28-3)17-10-16(19(25)20(30-17)18-12-29-22(27)21(26)31-18)23(34)32-24-8-6-15(7-9-24)33(5-2)13-24/h4,10-12,15H,1,3,5-9,13H2,2H3,(H2,27,29)(H,32,34)/b14-11+. The number of allylic oxidation sites excluding steroid dienone is 2. The lowest BCUT2D eigenvalue weighted by atomic mass is 9.73. The molecule has 1 aliphatic carbocycles. The fourth-order valence-corrected chi connectivity index (χ4v) is 4.86. The monoisotopic (exact) mass is 467 g/mol. The van der Waals surface area contributed by atoms with Gasteiger partial charge in [0.2, 0.25) is 0 Å². The number of rotatable bonds is 7. The number of hydrogen-bond donors (Lipinski definition) is 2. The topological polar surface area (TPSA) is 109 Å². The molecule has 0 radical (unpaired) electrons. The molecule has 2 aromatic rings. The molecule has 8 nitrogen and oxygen atoms in total. The Morgan fingerprint density at radius 1 is 1.38 bits per heavy atom.